The summed E-state index contributed by atoms with van der Waals surface area (Å²) in [5.41, 5.74) is 1.21. The SMILES string of the molecule is O=C(NC[C@@H]1CCCN(C2CCCC2)C1)N1CCC(c2ccn[nH]2)CC1. The van der Waals surface area contributed by atoms with Crippen molar-refractivity contribution >= 4 is 6.03 Å². The second-order valence-electron chi connectivity index (χ2n) is 8.40. The van der Waals surface area contributed by atoms with Crippen molar-refractivity contribution in [3.05, 3.63) is 18.0 Å². The Bertz CT molecular complexity index is 561. The minimum Gasteiger partial charge on any atom is -0.338 e. The fourth-order valence-electron chi connectivity index (χ4n) is 5.10. The van der Waals surface area contributed by atoms with E-state index in [-0.39, 0.29) is 6.03 Å². The lowest BCUT2D eigenvalue weighted by molar-refractivity contribution is 0.122. The summed E-state index contributed by atoms with van der Waals surface area (Å²) < 4.78 is 0. The number of amides is 2. The average molecular weight is 360 g/mol. The maximum Gasteiger partial charge on any atom is 0.317 e. The highest BCUT2D eigenvalue weighted by atomic mass is 16.2. The summed E-state index contributed by atoms with van der Waals surface area (Å²) in [4.78, 5) is 17.2. The van der Waals surface area contributed by atoms with E-state index in [9.17, 15) is 4.79 Å². The predicted octanol–water partition coefficient (Wildman–Crippen LogP) is 2.95. The van der Waals surface area contributed by atoms with Crippen molar-refractivity contribution in [3.63, 3.8) is 0 Å². The van der Waals surface area contributed by atoms with Gasteiger partial charge in [-0.3, -0.25) is 5.10 Å². The smallest absolute Gasteiger partial charge is 0.317 e. The van der Waals surface area contributed by atoms with Crippen molar-refractivity contribution in [1.29, 1.82) is 0 Å². The van der Waals surface area contributed by atoms with Gasteiger partial charge in [0.15, 0.2) is 0 Å². The van der Waals surface area contributed by atoms with E-state index >= 15 is 0 Å². The number of nitrogens with zero attached hydrogens (tertiary/aromatic N) is 3. The van der Waals surface area contributed by atoms with Crippen LogP contribution < -0.4 is 5.32 Å². The molecule has 6 nitrogen and oxygen atoms in total. The molecule has 6 heteroatoms. The highest BCUT2D eigenvalue weighted by Gasteiger charge is 2.29. The Morgan fingerprint density at radius 1 is 1.12 bits per heavy atom. The Kier molecular flexibility index (Phi) is 5.78. The molecule has 144 valence electrons. The monoisotopic (exact) mass is 359 g/mol. The van der Waals surface area contributed by atoms with Gasteiger partial charge in [0.1, 0.15) is 0 Å². The van der Waals surface area contributed by atoms with Gasteiger partial charge in [-0.05, 0) is 57.1 Å². The van der Waals surface area contributed by atoms with Crippen molar-refractivity contribution in [2.24, 2.45) is 5.92 Å². The van der Waals surface area contributed by atoms with Crippen LogP contribution in [0.3, 0.4) is 0 Å². The highest BCUT2D eigenvalue weighted by molar-refractivity contribution is 5.74. The number of H-pyrrole nitrogens is 1. The molecule has 3 heterocycles. The molecule has 4 rings (SSSR count). The number of hydrogen-bond acceptors (Lipinski definition) is 3. The summed E-state index contributed by atoms with van der Waals surface area (Å²) in [6.07, 6.45) is 12.0. The molecule has 2 N–H and O–H groups in total. The highest BCUT2D eigenvalue weighted by Crippen LogP contribution is 2.28. The Morgan fingerprint density at radius 3 is 2.65 bits per heavy atom. The number of carbonyl (C=O) groups is 1. The molecule has 3 aliphatic rings. The van der Waals surface area contributed by atoms with Crippen LogP contribution in [0.5, 0.6) is 0 Å². The van der Waals surface area contributed by atoms with Gasteiger partial charge < -0.3 is 15.1 Å². The van der Waals surface area contributed by atoms with Gasteiger partial charge in [0.05, 0.1) is 0 Å². The van der Waals surface area contributed by atoms with E-state index in [1.807, 2.05) is 11.1 Å². The first-order chi connectivity index (χ1) is 12.8. The summed E-state index contributed by atoms with van der Waals surface area (Å²) >= 11 is 0. The predicted molar refractivity (Wildman–Crippen MR) is 102 cm³/mol. The number of likely N-dealkylation sites (tertiary alicyclic amines) is 2. The van der Waals surface area contributed by atoms with Gasteiger partial charge >= 0.3 is 6.03 Å². The molecule has 0 radical (unpaired) electrons. The molecule has 2 amide bonds. The van der Waals surface area contributed by atoms with Crippen LogP contribution >= 0.6 is 0 Å². The lowest BCUT2D eigenvalue weighted by atomic mass is 9.94. The molecule has 1 saturated carbocycles. The van der Waals surface area contributed by atoms with E-state index in [0.717, 1.165) is 38.5 Å². The largest absolute Gasteiger partial charge is 0.338 e. The molecule has 2 saturated heterocycles. The first-order valence-corrected chi connectivity index (χ1v) is 10.6. The van der Waals surface area contributed by atoms with Gasteiger partial charge in [-0.25, -0.2) is 4.79 Å². The van der Waals surface area contributed by atoms with Crippen molar-refractivity contribution in [1.82, 2.24) is 25.3 Å². The first kappa shape index (κ1) is 17.8. The summed E-state index contributed by atoms with van der Waals surface area (Å²) in [7, 11) is 0. The summed E-state index contributed by atoms with van der Waals surface area (Å²) in [6, 6.07) is 3.00. The molecule has 0 unspecified atom stereocenters. The molecule has 1 aliphatic carbocycles. The zero-order valence-electron chi connectivity index (χ0n) is 15.8. The second-order valence-corrected chi connectivity index (χ2v) is 8.40. The zero-order valence-corrected chi connectivity index (χ0v) is 15.8. The lowest BCUT2D eigenvalue weighted by Crippen LogP contribution is -2.48. The Balaban J connectivity index is 1.19. The summed E-state index contributed by atoms with van der Waals surface area (Å²) in [5.74, 6) is 1.13. The van der Waals surface area contributed by atoms with Gasteiger partial charge in [0, 0.05) is 50.0 Å². The molecule has 0 spiro atoms. The maximum absolute atomic E-state index is 12.6. The van der Waals surface area contributed by atoms with Crippen LogP contribution in [0.15, 0.2) is 12.3 Å². The summed E-state index contributed by atoms with van der Waals surface area (Å²) in [5, 5.41) is 10.3. The quantitative estimate of drug-likeness (QED) is 0.869. The van der Waals surface area contributed by atoms with Crippen LogP contribution in [-0.2, 0) is 0 Å². The van der Waals surface area contributed by atoms with Crippen LogP contribution in [0, 0.1) is 5.92 Å². The van der Waals surface area contributed by atoms with Gasteiger partial charge in [-0.15, -0.1) is 0 Å². The number of hydrogen-bond donors (Lipinski definition) is 2. The molecule has 1 aromatic rings. The van der Waals surface area contributed by atoms with E-state index in [1.54, 1.807) is 0 Å². The van der Waals surface area contributed by atoms with Crippen LogP contribution in [0.25, 0.3) is 0 Å². The third-order valence-corrected chi connectivity index (χ3v) is 6.68. The first-order valence-electron chi connectivity index (χ1n) is 10.6. The molecule has 26 heavy (non-hydrogen) atoms. The Hall–Kier alpha value is -1.56. The molecule has 3 fully saturated rings. The Labute approximate surface area is 156 Å². The standard InChI is InChI=1S/C20H33N5O/c26-20(24-12-8-17(9-13-24)19-7-10-22-23-19)21-14-16-4-3-11-25(15-16)18-5-1-2-6-18/h7,10,16-18H,1-6,8-9,11-15H2,(H,21,26)(H,22,23)/t16-/m0/s1. The topological polar surface area (TPSA) is 64.3 Å². The normalized spacial score (nSPS) is 26.3. The molecule has 2 aliphatic heterocycles. The zero-order chi connectivity index (χ0) is 17.8. The third-order valence-electron chi connectivity index (χ3n) is 6.68. The van der Waals surface area contributed by atoms with Crippen molar-refractivity contribution in [2.75, 3.05) is 32.7 Å². The number of carbonyl (C=O) groups excluding carboxylic acids is 1. The fraction of sp³-hybridized carbons (Fsp3) is 0.800. The van der Waals surface area contributed by atoms with Crippen LogP contribution in [0.4, 0.5) is 4.79 Å². The van der Waals surface area contributed by atoms with Gasteiger partial charge in [-0.1, -0.05) is 12.8 Å². The van der Waals surface area contributed by atoms with Crippen molar-refractivity contribution in [3.8, 4) is 0 Å². The molecule has 1 aromatic heterocycles. The molecular formula is C20H33N5O. The number of piperidine rings is 2. The third kappa shape index (κ3) is 4.22. The maximum atomic E-state index is 12.6. The van der Waals surface area contributed by atoms with E-state index < -0.39 is 0 Å². The van der Waals surface area contributed by atoms with Crippen LogP contribution in [0.2, 0.25) is 0 Å². The average Bonchev–Trinajstić information content (AvgIpc) is 3.40. The van der Waals surface area contributed by atoms with Gasteiger partial charge in [-0.2, -0.15) is 5.10 Å². The number of aromatic amines is 1. The van der Waals surface area contributed by atoms with Crippen LogP contribution in [0.1, 0.15) is 63.0 Å². The number of rotatable bonds is 4. The molecule has 0 aromatic carbocycles. The second kappa shape index (κ2) is 8.42. The van der Waals surface area contributed by atoms with Crippen molar-refractivity contribution < 1.29 is 4.79 Å². The Morgan fingerprint density at radius 2 is 1.92 bits per heavy atom. The van der Waals surface area contributed by atoms with Crippen molar-refractivity contribution in [2.45, 2.75) is 63.3 Å². The van der Waals surface area contributed by atoms with E-state index in [4.69, 9.17) is 0 Å². The molecule has 0 bridgehead atoms. The van der Waals surface area contributed by atoms with Gasteiger partial charge in [0.25, 0.3) is 0 Å². The number of aromatic nitrogens is 2. The van der Waals surface area contributed by atoms with Gasteiger partial charge in [0.2, 0.25) is 0 Å². The van der Waals surface area contributed by atoms with E-state index in [0.29, 0.717) is 11.8 Å². The minimum atomic E-state index is 0.131. The molecular weight excluding hydrogens is 326 g/mol. The number of urea groups is 1. The van der Waals surface area contributed by atoms with E-state index in [1.165, 1.54) is 57.3 Å². The van der Waals surface area contributed by atoms with E-state index in [2.05, 4.69) is 26.5 Å². The fourth-order valence-corrected chi connectivity index (χ4v) is 5.10. The summed E-state index contributed by atoms with van der Waals surface area (Å²) in [6.45, 7) is 4.95. The molecule has 1 atom stereocenters. The minimum absolute atomic E-state index is 0.131. The van der Waals surface area contributed by atoms with Crippen LogP contribution in [-0.4, -0.2) is 64.8 Å². The number of nitrogens with one attached hydrogen (secondary N) is 2. The lowest BCUT2D eigenvalue weighted by Gasteiger charge is -2.37.